The van der Waals surface area contributed by atoms with Crippen molar-refractivity contribution in [1.29, 1.82) is 5.26 Å². The molecule has 0 saturated heterocycles. The van der Waals surface area contributed by atoms with Gasteiger partial charge in [-0.2, -0.15) is 5.26 Å². The summed E-state index contributed by atoms with van der Waals surface area (Å²) in [5, 5.41) is 11.6. The van der Waals surface area contributed by atoms with Crippen molar-refractivity contribution in [2.45, 2.75) is 0 Å². The van der Waals surface area contributed by atoms with E-state index >= 15 is 0 Å². The highest BCUT2D eigenvalue weighted by Gasteiger charge is 2.12. The first-order valence-electron chi connectivity index (χ1n) is 7.07. The van der Waals surface area contributed by atoms with Gasteiger partial charge in [-0.1, -0.05) is 18.2 Å². The van der Waals surface area contributed by atoms with Crippen LogP contribution in [-0.4, -0.2) is 20.0 Å². The standard InChI is InChI=1S/C18H15BrFN3O/c1-23(2)17-8-7-12(10-14(17)19)9-13(11-21)18(24)22-16-6-4-3-5-15(16)20/h3-10H,1-2H3,(H,22,24)/b13-9-. The van der Waals surface area contributed by atoms with E-state index in [-0.39, 0.29) is 11.3 Å². The lowest BCUT2D eigenvalue weighted by Crippen LogP contribution is -2.14. The molecule has 0 aromatic heterocycles. The fourth-order valence-corrected chi connectivity index (χ4v) is 2.79. The molecule has 2 rings (SSSR count). The number of hydrogen-bond acceptors (Lipinski definition) is 3. The second kappa shape index (κ2) is 7.75. The van der Waals surface area contributed by atoms with E-state index in [1.807, 2.05) is 37.2 Å². The maximum atomic E-state index is 13.6. The molecule has 2 aromatic rings. The molecule has 4 nitrogen and oxygen atoms in total. The van der Waals surface area contributed by atoms with E-state index in [0.717, 1.165) is 10.2 Å². The van der Waals surface area contributed by atoms with Crippen molar-refractivity contribution in [2.75, 3.05) is 24.3 Å². The Hall–Kier alpha value is -2.65. The molecule has 0 fully saturated rings. The molecule has 24 heavy (non-hydrogen) atoms. The summed E-state index contributed by atoms with van der Waals surface area (Å²) in [6.45, 7) is 0. The van der Waals surface area contributed by atoms with Gasteiger partial charge in [0, 0.05) is 18.6 Å². The maximum Gasteiger partial charge on any atom is 0.266 e. The third-order valence-corrected chi connectivity index (χ3v) is 3.89. The molecular formula is C18H15BrFN3O. The molecule has 0 bridgehead atoms. The Balaban J connectivity index is 2.26. The Morgan fingerprint density at radius 2 is 2.00 bits per heavy atom. The topological polar surface area (TPSA) is 56.1 Å². The van der Waals surface area contributed by atoms with E-state index in [9.17, 15) is 14.4 Å². The number of hydrogen-bond donors (Lipinski definition) is 1. The van der Waals surface area contributed by atoms with Crippen LogP contribution < -0.4 is 10.2 Å². The molecule has 0 unspecified atom stereocenters. The van der Waals surface area contributed by atoms with Gasteiger partial charge < -0.3 is 10.2 Å². The van der Waals surface area contributed by atoms with Gasteiger partial charge in [-0.3, -0.25) is 4.79 Å². The molecule has 1 amide bonds. The molecule has 0 heterocycles. The van der Waals surface area contributed by atoms with Gasteiger partial charge >= 0.3 is 0 Å². The van der Waals surface area contributed by atoms with Crippen LogP contribution in [-0.2, 0) is 4.79 Å². The van der Waals surface area contributed by atoms with Crippen LogP contribution in [0.25, 0.3) is 6.08 Å². The van der Waals surface area contributed by atoms with Gasteiger partial charge in [0.15, 0.2) is 0 Å². The summed E-state index contributed by atoms with van der Waals surface area (Å²) in [5.41, 5.74) is 1.59. The number of nitrogens with zero attached hydrogens (tertiary/aromatic N) is 2. The molecular weight excluding hydrogens is 373 g/mol. The predicted molar refractivity (Wildman–Crippen MR) is 97.1 cm³/mol. The molecule has 1 N–H and O–H groups in total. The molecule has 0 aliphatic heterocycles. The summed E-state index contributed by atoms with van der Waals surface area (Å²) < 4.78 is 14.4. The highest BCUT2D eigenvalue weighted by atomic mass is 79.9. The number of carbonyl (C=O) groups excluding carboxylic acids is 1. The molecule has 122 valence electrons. The Morgan fingerprint density at radius 1 is 1.29 bits per heavy atom. The number of nitriles is 1. The number of nitrogens with one attached hydrogen (secondary N) is 1. The summed E-state index contributed by atoms with van der Waals surface area (Å²) in [5.74, 6) is -1.21. The minimum atomic E-state index is -0.657. The van der Waals surface area contributed by atoms with E-state index in [1.165, 1.54) is 24.3 Å². The average Bonchev–Trinajstić information content (AvgIpc) is 2.54. The minimum Gasteiger partial charge on any atom is -0.377 e. The van der Waals surface area contributed by atoms with E-state index in [4.69, 9.17) is 0 Å². The van der Waals surface area contributed by atoms with E-state index < -0.39 is 11.7 Å². The molecule has 0 saturated carbocycles. The predicted octanol–water partition coefficient (Wildman–Crippen LogP) is 4.20. The van der Waals surface area contributed by atoms with E-state index in [1.54, 1.807) is 12.1 Å². The van der Waals surface area contributed by atoms with Crippen molar-refractivity contribution in [1.82, 2.24) is 0 Å². The molecule has 0 aliphatic carbocycles. The van der Waals surface area contributed by atoms with Crippen LogP contribution in [0.15, 0.2) is 52.5 Å². The van der Waals surface area contributed by atoms with Gasteiger partial charge in [-0.15, -0.1) is 0 Å². The highest BCUT2D eigenvalue weighted by molar-refractivity contribution is 9.10. The Bertz CT molecular complexity index is 840. The molecule has 0 atom stereocenters. The average molecular weight is 388 g/mol. The number of halogens is 2. The lowest BCUT2D eigenvalue weighted by molar-refractivity contribution is -0.112. The number of benzene rings is 2. The van der Waals surface area contributed by atoms with Crippen LogP contribution in [0, 0.1) is 17.1 Å². The van der Waals surface area contributed by atoms with E-state index in [2.05, 4.69) is 21.2 Å². The summed E-state index contributed by atoms with van der Waals surface area (Å²) in [6, 6.07) is 13.1. The number of amides is 1. The smallest absolute Gasteiger partial charge is 0.266 e. The van der Waals surface area contributed by atoms with E-state index in [0.29, 0.717) is 5.56 Å². The van der Waals surface area contributed by atoms with Gasteiger partial charge in [-0.25, -0.2) is 4.39 Å². The third-order valence-electron chi connectivity index (χ3n) is 3.25. The van der Waals surface area contributed by atoms with Crippen molar-refractivity contribution in [2.24, 2.45) is 0 Å². The zero-order valence-electron chi connectivity index (χ0n) is 13.2. The number of carbonyl (C=O) groups is 1. The van der Waals surface area contributed by atoms with Crippen molar-refractivity contribution >= 4 is 39.3 Å². The molecule has 0 aliphatic rings. The fraction of sp³-hybridized carbons (Fsp3) is 0.111. The zero-order chi connectivity index (χ0) is 17.7. The van der Waals surface area contributed by atoms with Crippen molar-refractivity contribution in [3.8, 4) is 6.07 Å². The number of para-hydroxylation sites is 1. The quantitative estimate of drug-likeness (QED) is 0.631. The first-order chi connectivity index (χ1) is 11.4. The monoisotopic (exact) mass is 387 g/mol. The Labute approximate surface area is 148 Å². The molecule has 0 spiro atoms. The lowest BCUT2D eigenvalue weighted by Gasteiger charge is -2.14. The zero-order valence-corrected chi connectivity index (χ0v) is 14.8. The summed E-state index contributed by atoms with van der Waals surface area (Å²) >= 11 is 3.46. The summed E-state index contributed by atoms with van der Waals surface area (Å²) in [7, 11) is 3.83. The summed E-state index contributed by atoms with van der Waals surface area (Å²) in [4.78, 5) is 14.1. The van der Waals surface area contributed by atoms with Gasteiger partial charge in [0.25, 0.3) is 5.91 Å². The Kier molecular flexibility index (Phi) is 5.72. The second-order valence-electron chi connectivity index (χ2n) is 5.21. The maximum absolute atomic E-state index is 13.6. The largest absolute Gasteiger partial charge is 0.377 e. The second-order valence-corrected chi connectivity index (χ2v) is 6.06. The molecule has 6 heteroatoms. The first-order valence-corrected chi connectivity index (χ1v) is 7.86. The van der Waals surface area contributed by atoms with Crippen LogP contribution in [0.3, 0.4) is 0 Å². The Morgan fingerprint density at radius 3 is 2.58 bits per heavy atom. The van der Waals surface area contributed by atoms with Crippen LogP contribution in [0.1, 0.15) is 5.56 Å². The normalized spacial score (nSPS) is 10.9. The first kappa shape index (κ1) is 17.7. The SMILES string of the molecule is CN(C)c1ccc(/C=C(/C#N)C(=O)Nc2ccccc2F)cc1Br. The van der Waals surface area contributed by atoms with Gasteiger partial charge in [-0.05, 0) is 51.8 Å². The van der Waals surface area contributed by atoms with Crippen LogP contribution in [0.5, 0.6) is 0 Å². The number of rotatable bonds is 4. The summed E-state index contributed by atoms with van der Waals surface area (Å²) in [6.07, 6.45) is 1.46. The van der Waals surface area contributed by atoms with Crippen molar-refractivity contribution < 1.29 is 9.18 Å². The third kappa shape index (κ3) is 4.21. The molecule has 2 aromatic carbocycles. The van der Waals surface area contributed by atoms with Crippen molar-refractivity contribution in [3.63, 3.8) is 0 Å². The van der Waals surface area contributed by atoms with Crippen LogP contribution in [0.4, 0.5) is 15.8 Å². The minimum absolute atomic E-state index is 0.0350. The van der Waals surface area contributed by atoms with Gasteiger partial charge in [0.2, 0.25) is 0 Å². The van der Waals surface area contributed by atoms with Crippen LogP contribution >= 0.6 is 15.9 Å². The van der Waals surface area contributed by atoms with Gasteiger partial charge in [0.1, 0.15) is 17.5 Å². The van der Waals surface area contributed by atoms with Crippen molar-refractivity contribution in [3.05, 3.63) is 63.9 Å². The number of anilines is 2. The highest BCUT2D eigenvalue weighted by Crippen LogP contribution is 2.26. The fourth-order valence-electron chi connectivity index (χ4n) is 2.04. The van der Waals surface area contributed by atoms with Crippen LogP contribution in [0.2, 0.25) is 0 Å². The van der Waals surface area contributed by atoms with Gasteiger partial charge in [0.05, 0.1) is 11.4 Å². The molecule has 0 radical (unpaired) electrons. The lowest BCUT2D eigenvalue weighted by atomic mass is 10.1.